The van der Waals surface area contributed by atoms with Crippen molar-refractivity contribution in [3.8, 4) is 0 Å². The molecule has 1 aromatic heterocycles. The van der Waals surface area contributed by atoms with Gasteiger partial charge in [-0.1, -0.05) is 25.5 Å². The van der Waals surface area contributed by atoms with Crippen molar-refractivity contribution in [3.63, 3.8) is 0 Å². The average Bonchev–Trinajstić information content (AvgIpc) is 2.60. The van der Waals surface area contributed by atoms with Crippen LogP contribution in [0.3, 0.4) is 0 Å². The number of fused-ring (bicyclic) bond motifs is 1. The lowest BCUT2D eigenvalue weighted by Crippen LogP contribution is -2.46. The van der Waals surface area contributed by atoms with Gasteiger partial charge in [0.2, 0.25) is 0 Å². The minimum Gasteiger partial charge on any atom is -0.377 e. The molecule has 6 nitrogen and oxygen atoms in total. The first-order chi connectivity index (χ1) is 11.1. The third-order valence-corrected chi connectivity index (χ3v) is 4.66. The molecule has 23 heavy (non-hydrogen) atoms. The van der Waals surface area contributed by atoms with Gasteiger partial charge in [-0.15, -0.1) is 0 Å². The van der Waals surface area contributed by atoms with Crippen molar-refractivity contribution < 1.29 is 9.53 Å². The van der Waals surface area contributed by atoms with Gasteiger partial charge in [-0.2, -0.15) is 0 Å². The third kappa shape index (κ3) is 3.69. The van der Waals surface area contributed by atoms with Crippen molar-refractivity contribution in [2.45, 2.75) is 33.2 Å². The van der Waals surface area contributed by atoms with Gasteiger partial charge in [-0.05, 0) is 6.42 Å². The van der Waals surface area contributed by atoms with Crippen LogP contribution in [-0.4, -0.2) is 47.2 Å². The van der Waals surface area contributed by atoms with Crippen LogP contribution >= 0.6 is 0 Å². The quantitative estimate of drug-likeness (QED) is 0.865. The lowest BCUT2D eigenvalue weighted by atomic mass is 9.81. The zero-order valence-electron chi connectivity index (χ0n) is 13.8. The highest BCUT2D eigenvalue weighted by atomic mass is 16.5. The standard InChI is InChI=1S/C17H24N4O2/c1-17(2,14-4-7-23-8-5-14)11-19-16(22)21-6-3-15-13(10-21)9-18-12-20-15/h4,9,12H,3,5-8,10-11H2,1-2H3,(H,19,22). The van der Waals surface area contributed by atoms with Crippen molar-refractivity contribution in [1.29, 1.82) is 0 Å². The Morgan fingerprint density at radius 3 is 3.09 bits per heavy atom. The first-order valence-corrected chi connectivity index (χ1v) is 8.14. The number of hydrogen-bond acceptors (Lipinski definition) is 4. The molecule has 2 amide bonds. The van der Waals surface area contributed by atoms with Crippen LogP contribution in [0.5, 0.6) is 0 Å². The van der Waals surface area contributed by atoms with Crippen molar-refractivity contribution in [3.05, 3.63) is 35.4 Å². The van der Waals surface area contributed by atoms with Crippen LogP contribution in [-0.2, 0) is 17.7 Å². The van der Waals surface area contributed by atoms with E-state index in [0.29, 0.717) is 26.2 Å². The fraction of sp³-hybridized carbons (Fsp3) is 0.588. The van der Waals surface area contributed by atoms with E-state index >= 15 is 0 Å². The zero-order valence-corrected chi connectivity index (χ0v) is 13.8. The average molecular weight is 316 g/mol. The predicted octanol–water partition coefficient (Wildman–Crippen LogP) is 1.92. The molecule has 1 N–H and O–H groups in total. The van der Waals surface area contributed by atoms with Crippen LogP contribution < -0.4 is 5.32 Å². The van der Waals surface area contributed by atoms with Gasteiger partial charge in [0.05, 0.1) is 25.5 Å². The number of nitrogens with zero attached hydrogens (tertiary/aromatic N) is 3. The molecule has 2 aliphatic heterocycles. The third-order valence-electron chi connectivity index (χ3n) is 4.66. The summed E-state index contributed by atoms with van der Waals surface area (Å²) in [6.07, 6.45) is 7.25. The zero-order chi connectivity index (χ0) is 16.3. The number of aromatic nitrogens is 2. The van der Waals surface area contributed by atoms with Gasteiger partial charge < -0.3 is 15.0 Å². The minimum absolute atomic E-state index is 0.0137. The minimum atomic E-state index is -0.0454. The molecule has 0 atom stereocenters. The van der Waals surface area contributed by atoms with Gasteiger partial charge in [0.25, 0.3) is 0 Å². The van der Waals surface area contributed by atoms with Gasteiger partial charge in [0, 0.05) is 36.7 Å². The molecule has 0 unspecified atom stereocenters. The highest BCUT2D eigenvalue weighted by molar-refractivity contribution is 5.74. The Kier molecular flexibility index (Phi) is 4.61. The fourth-order valence-electron chi connectivity index (χ4n) is 3.10. The first kappa shape index (κ1) is 15.9. The summed E-state index contributed by atoms with van der Waals surface area (Å²) in [5, 5.41) is 3.09. The van der Waals surface area contributed by atoms with Crippen molar-refractivity contribution >= 4 is 6.03 Å². The molecule has 3 rings (SSSR count). The van der Waals surface area contributed by atoms with Crippen LogP contribution in [0.15, 0.2) is 24.2 Å². The number of carbonyl (C=O) groups excluding carboxylic acids is 1. The van der Waals surface area contributed by atoms with Crippen LogP contribution in [0.1, 0.15) is 31.5 Å². The maximum atomic E-state index is 12.5. The molecule has 1 aromatic rings. The van der Waals surface area contributed by atoms with E-state index in [1.165, 1.54) is 5.57 Å². The molecule has 3 heterocycles. The Hall–Kier alpha value is -1.95. The molecule has 0 fully saturated rings. The van der Waals surface area contributed by atoms with Crippen molar-refractivity contribution in [2.75, 3.05) is 26.3 Å². The van der Waals surface area contributed by atoms with Gasteiger partial charge in [-0.25, -0.2) is 14.8 Å². The van der Waals surface area contributed by atoms with E-state index in [0.717, 1.165) is 30.7 Å². The van der Waals surface area contributed by atoms with E-state index in [1.807, 2.05) is 4.90 Å². The number of nitrogens with one attached hydrogen (secondary N) is 1. The molecular formula is C17H24N4O2. The van der Waals surface area contributed by atoms with E-state index in [9.17, 15) is 4.79 Å². The topological polar surface area (TPSA) is 67.4 Å². The Morgan fingerprint density at radius 2 is 2.30 bits per heavy atom. The smallest absolute Gasteiger partial charge is 0.317 e. The molecule has 124 valence electrons. The second-order valence-electron chi connectivity index (χ2n) is 6.76. The summed E-state index contributed by atoms with van der Waals surface area (Å²) >= 11 is 0. The normalized spacial score (nSPS) is 18.2. The first-order valence-electron chi connectivity index (χ1n) is 8.14. The Morgan fingerprint density at radius 1 is 1.43 bits per heavy atom. The molecule has 0 aliphatic carbocycles. The fourth-order valence-corrected chi connectivity index (χ4v) is 3.10. The Bertz CT molecular complexity index is 612. The maximum Gasteiger partial charge on any atom is 0.317 e. The lowest BCUT2D eigenvalue weighted by Gasteiger charge is -2.33. The van der Waals surface area contributed by atoms with Crippen molar-refractivity contribution in [1.82, 2.24) is 20.2 Å². The number of ether oxygens (including phenoxy) is 1. The van der Waals surface area contributed by atoms with Crippen LogP contribution in [0.2, 0.25) is 0 Å². The molecule has 0 spiro atoms. The maximum absolute atomic E-state index is 12.5. The number of amides is 2. The summed E-state index contributed by atoms with van der Waals surface area (Å²) in [5.74, 6) is 0. The molecular weight excluding hydrogens is 292 g/mol. The molecule has 0 radical (unpaired) electrons. The molecule has 6 heteroatoms. The largest absolute Gasteiger partial charge is 0.377 e. The summed E-state index contributed by atoms with van der Waals surface area (Å²) < 4.78 is 5.37. The second-order valence-corrected chi connectivity index (χ2v) is 6.76. The van der Waals surface area contributed by atoms with Crippen LogP contribution in [0.4, 0.5) is 4.79 Å². The SMILES string of the molecule is CC(C)(CNC(=O)N1CCc2ncncc2C1)C1=CCOCC1. The summed E-state index contributed by atoms with van der Waals surface area (Å²) in [4.78, 5) is 22.6. The van der Waals surface area contributed by atoms with E-state index in [-0.39, 0.29) is 11.4 Å². The van der Waals surface area contributed by atoms with Gasteiger partial charge in [0.15, 0.2) is 0 Å². The Balaban J connectivity index is 1.57. The van der Waals surface area contributed by atoms with Gasteiger partial charge in [0.1, 0.15) is 6.33 Å². The summed E-state index contributed by atoms with van der Waals surface area (Å²) in [6, 6.07) is -0.0137. The second kappa shape index (κ2) is 6.66. The number of rotatable bonds is 3. The number of hydrogen-bond donors (Lipinski definition) is 1. The molecule has 0 aromatic carbocycles. The molecule has 2 aliphatic rings. The summed E-state index contributed by atoms with van der Waals surface area (Å²) in [6.45, 7) is 7.70. The van der Waals surface area contributed by atoms with E-state index in [4.69, 9.17) is 4.74 Å². The molecule has 0 bridgehead atoms. The lowest BCUT2D eigenvalue weighted by molar-refractivity contribution is 0.145. The Labute approximate surface area is 136 Å². The van der Waals surface area contributed by atoms with E-state index in [1.54, 1.807) is 12.5 Å². The van der Waals surface area contributed by atoms with Crippen molar-refractivity contribution in [2.24, 2.45) is 5.41 Å². The van der Waals surface area contributed by atoms with Gasteiger partial charge in [-0.3, -0.25) is 0 Å². The van der Waals surface area contributed by atoms with E-state index < -0.39 is 0 Å². The molecule has 0 saturated carbocycles. The highest BCUT2D eigenvalue weighted by Gasteiger charge is 2.27. The summed E-state index contributed by atoms with van der Waals surface area (Å²) in [5.41, 5.74) is 3.41. The number of urea groups is 1. The number of carbonyl (C=O) groups is 1. The predicted molar refractivity (Wildman–Crippen MR) is 86.8 cm³/mol. The van der Waals surface area contributed by atoms with E-state index in [2.05, 4.69) is 35.2 Å². The van der Waals surface area contributed by atoms with Crippen LogP contribution in [0.25, 0.3) is 0 Å². The van der Waals surface area contributed by atoms with Gasteiger partial charge >= 0.3 is 6.03 Å². The monoisotopic (exact) mass is 316 g/mol. The van der Waals surface area contributed by atoms with Crippen LogP contribution in [0, 0.1) is 5.41 Å². The highest BCUT2D eigenvalue weighted by Crippen LogP contribution is 2.29. The summed E-state index contributed by atoms with van der Waals surface area (Å²) in [7, 11) is 0. The molecule has 0 saturated heterocycles.